The van der Waals surface area contributed by atoms with E-state index in [1.165, 1.54) is 32.1 Å². The normalized spacial score (nSPS) is 22.4. The minimum Gasteiger partial charge on any atom is -0.495 e. The zero-order chi connectivity index (χ0) is 19.3. The average molecular weight is 442 g/mol. The van der Waals surface area contributed by atoms with Crippen LogP contribution in [0, 0.1) is 5.92 Å². The number of nitrogens with zero attached hydrogens (tertiary/aromatic N) is 2. The molecule has 1 atom stereocenters. The Morgan fingerprint density at radius 2 is 2.07 bits per heavy atom. The van der Waals surface area contributed by atoms with Gasteiger partial charge >= 0.3 is 0 Å². The van der Waals surface area contributed by atoms with Crippen LogP contribution >= 0.6 is 15.9 Å². The van der Waals surface area contributed by atoms with Gasteiger partial charge in [-0.3, -0.25) is 0 Å². The van der Waals surface area contributed by atoms with E-state index in [2.05, 4.69) is 42.2 Å². The van der Waals surface area contributed by atoms with Crippen molar-refractivity contribution in [2.45, 2.75) is 38.3 Å². The predicted octanol–water partition coefficient (Wildman–Crippen LogP) is 4.26. The lowest BCUT2D eigenvalue weighted by Gasteiger charge is -2.35. The standard InChI is InChI=1S/C21H24BrN5O/c1-28-16-8-7-14(22)13-11-15(25-17(13)16)18-19-20(23)24-9-10-27(19)21(26-18)12-5-3-2-4-6-12/h7-12,21,25-26H,2-6H2,1H3,(H2,23,24). The van der Waals surface area contributed by atoms with Crippen LogP contribution in [0.4, 0.5) is 0 Å². The summed E-state index contributed by atoms with van der Waals surface area (Å²) < 4.78 is 6.57. The van der Waals surface area contributed by atoms with E-state index in [1.807, 2.05) is 18.3 Å². The lowest BCUT2D eigenvalue weighted by atomic mass is 9.86. The second-order valence-electron chi connectivity index (χ2n) is 7.65. The summed E-state index contributed by atoms with van der Waals surface area (Å²) in [5, 5.41) is 4.86. The molecule has 0 spiro atoms. The summed E-state index contributed by atoms with van der Waals surface area (Å²) in [6, 6.07) is 6.11. The molecule has 7 heteroatoms. The number of H-pyrrole nitrogens is 1. The van der Waals surface area contributed by atoms with Gasteiger partial charge in [0.15, 0.2) is 0 Å². The number of aliphatic imine (C=N–C) groups is 1. The molecule has 0 amide bonds. The lowest BCUT2D eigenvalue weighted by Crippen LogP contribution is -2.43. The molecule has 4 N–H and O–H groups in total. The number of methoxy groups -OCH3 is 1. The molecule has 1 aromatic carbocycles. The second kappa shape index (κ2) is 6.88. The molecule has 0 radical (unpaired) electrons. The Hall–Kier alpha value is -2.41. The number of nitrogens with one attached hydrogen (secondary N) is 2. The predicted molar refractivity (Wildman–Crippen MR) is 116 cm³/mol. The highest BCUT2D eigenvalue weighted by atomic mass is 79.9. The molecular weight excluding hydrogens is 418 g/mol. The summed E-state index contributed by atoms with van der Waals surface area (Å²) in [5.74, 6) is 1.97. The molecule has 146 valence electrons. The van der Waals surface area contributed by atoms with Gasteiger partial charge in [0.1, 0.15) is 23.4 Å². The van der Waals surface area contributed by atoms with E-state index in [0.29, 0.717) is 11.8 Å². The van der Waals surface area contributed by atoms with E-state index in [1.54, 1.807) is 13.3 Å². The van der Waals surface area contributed by atoms with Crippen molar-refractivity contribution in [2.24, 2.45) is 16.6 Å². The first-order valence-corrected chi connectivity index (χ1v) is 10.6. The molecule has 1 fully saturated rings. The van der Waals surface area contributed by atoms with Gasteiger partial charge in [0, 0.05) is 22.3 Å². The molecule has 3 heterocycles. The molecule has 0 saturated heterocycles. The number of halogens is 1. The molecule has 1 saturated carbocycles. The Bertz CT molecular complexity index is 1020. The smallest absolute Gasteiger partial charge is 0.149 e. The summed E-state index contributed by atoms with van der Waals surface area (Å²) >= 11 is 3.66. The maximum absolute atomic E-state index is 6.33. The number of rotatable bonds is 3. The van der Waals surface area contributed by atoms with Gasteiger partial charge in [-0.25, -0.2) is 4.99 Å². The van der Waals surface area contributed by atoms with E-state index < -0.39 is 0 Å². The van der Waals surface area contributed by atoms with Crippen LogP contribution in [0.25, 0.3) is 16.6 Å². The Kier molecular flexibility index (Phi) is 4.34. The van der Waals surface area contributed by atoms with Crippen LogP contribution in [0.15, 0.2) is 45.8 Å². The highest BCUT2D eigenvalue weighted by molar-refractivity contribution is 9.10. The van der Waals surface area contributed by atoms with E-state index in [4.69, 9.17) is 10.5 Å². The van der Waals surface area contributed by atoms with Crippen molar-refractivity contribution in [3.05, 3.63) is 46.5 Å². The fourth-order valence-electron chi connectivity index (χ4n) is 4.69. The highest BCUT2D eigenvalue weighted by Crippen LogP contribution is 2.39. The van der Waals surface area contributed by atoms with Crippen LogP contribution < -0.4 is 15.8 Å². The summed E-state index contributed by atoms with van der Waals surface area (Å²) in [6.45, 7) is 0. The number of benzene rings is 1. The minimum absolute atomic E-state index is 0.215. The number of amidine groups is 1. The highest BCUT2D eigenvalue weighted by Gasteiger charge is 2.39. The van der Waals surface area contributed by atoms with Gasteiger partial charge < -0.3 is 25.7 Å². The van der Waals surface area contributed by atoms with Crippen molar-refractivity contribution in [1.82, 2.24) is 15.2 Å². The molecule has 3 aliphatic rings. The van der Waals surface area contributed by atoms with Crippen molar-refractivity contribution in [3.63, 3.8) is 0 Å². The number of hydrogen-bond donors (Lipinski definition) is 3. The number of hydrogen-bond acceptors (Lipinski definition) is 5. The quantitative estimate of drug-likeness (QED) is 0.664. The van der Waals surface area contributed by atoms with Crippen LogP contribution in [0.5, 0.6) is 5.75 Å². The SMILES string of the molecule is COc1ccc(Br)c2cc(C3=C4C(N)=NC=CN4C(C4CCCCC4)N3)[nH]c12. The molecule has 1 aromatic heterocycles. The van der Waals surface area contributed by atoms with Crippen LogP contribution in [-0.4, -0.2) is 29.0 Å². The van der Waals surface area contributed by atoms with Crippen LogP contribution in [-0.2, 0) is 0 Å². The van der Waals surface area contributed by atoms with Gasteiger partial charge in [-0.1, -0.05) is 35.2 Å². The summed E-state index contributed by atoms with van der Waals surface area (Å²) in [5.41, 5.74) is 10.3. The number of nitrogens with two attached hydrogens (primary N) is 1. The van der Waals surface area contributed by atoms with Gasteiger partial charge in [0.05, 0.1) is 24.0 Å². The Labute approximate surface area is 172 Å². The monoisotopic (exact) mass is 441 g/mol. The largest absolute Gasteiger partial charge is 0.495 e. The summed E-state index contributed by atoms with van der Waals surface area (Å²) in [6.07, 6.45) is 10.5. The lowest BCUT2D eigenvalue weighted by molar-refractivity contribution is 0.196. The fourth-order valence-corrected chi connectivity index (χ4v) is 5.14. The molecule has 2 aliphatic heterocycles. The molecular formula is C21H24BrN5O. The van der Waals surface area contributed by atoms with Crippen LogP contribution in [0.2, 0.25) is 0 Å². The third kappa shape index (κ3) is 2.71. The molecule has 0 bridgehead atoms. The number of fused-ring (bicyclic) bond motifs is 2. The van der Waals surface area contributed by atoms with E-state index >= 15 is 0 Å². The average Bonchev–Trinajstić information content (AvgIpc) is 3.32. The summed E-state index contributed by atoms with van der Waals surface area (Å²) in [7, 11) is 1.69. The molecule has 5 rings (SSSR count). The maximum Gasteiger partial charge on any atom is 0.149 e. The number of ether oxygens (including phenoxy) is 1. The minimum atomic E-state index is 0.215. The van der Waals surface area contributed by atoms with Crippen molar-refractivity contribution < 1.29 is 4.74 Å². The van der Waals surface area contributed by atoms with E-state index in [0.717, 1.165) is 38.2 Å². The fraction of sp³-hybridized carbons (Fsp3) is 0.381. The molecule has 1 unspecified atom stereocenters. The zero-order valence-corrected chi connectivity index (χ0v) is 17.4. The second-order valence-corrected chi connectivity index (χ2v) is 8.51. The van der Waals surface area contributed by atoms with Crippen molar-refractivity contribution >= 4 is 38.4 Å². The maximum atomic E-state index is 6.33. The first kappa shape index (κ1) is 17.7. The first-order chi connectivity index (χ1) is 13.7. The Balaban J connectivity index is 1.61. The first-order valence-electron chi connectivity index (χ1n) is 9.82. The van der Waals surface area contributed by atoms with Gasteiger partial charge in [0.2, 0.25) is 0 Å². The Morgan fingerprint density at radius 1 is 1.25 bits per heavy atom. The van der Waals surface area contributed by atoms with Gasteiger partial charge in [-0.2, -0.15) is 0 Å². The van der Waals surface area contributed by atoms with Gasteiger partial charge in [-0.15, -0.1) is 0 Å². The van der Waals surface area contributed by atoms with Crippen molar-refractivity contribution in [1.29, 1.82) is 0 Å². The van der Waals surface area contributed by atoms with Crippen molar-refractivity contribution in [2.75, 3.05) is 7.11 Å². The Morgan fingerprint density at radius 3 is 2.86 bits per heavy atom. The van der Waals surface area contributed by atoms with Gasteiger partial charge in [0.25, 0.3) is 0 Å². The molecule has 1 aliphatic carbocycles. The van der Waals surface area contributed by atoms with Gasteiger partial charge in [-0.05, 0) is 37.0 Å². The third-order valence-corrected chi connectivity index (χ3v) is 6.75. The van der Waals surface area contributed by atoms with Crippen LogP contribution in [0.3, 0.4) is 0 Å². The van der Waals surface area contributed by atoms with Crippen molar-refractivity contribution in [3.8, 4) is 5.75 Å². The van der Waals surface area contributed by atoms with E-state index in [9.17, 15) is 0 Å². The third-order valence-electron chi connectivity index (χ3n) is 6.06. The number of aromatic nitrogens is 1. The molecule has 28 heavy (non-hydrogen) atoms. The molecule has 6 nitrogen and oxygen atoms in total. The zero-order valence-electron chi connectivity index (χ0n) is 15.8. The van der Waals surface area contributed by atoms with Crippen LogP contribution in [0.1, 0.15) is 37.8 Å². The number of aromatic amines is 1. The summed E-state index contributed by atoms with van der Waals surface area (Å²) in [4.78, 5) is 10.2. The molecule has 2 aromatic rings. The topological polar surface area (TPSA) is 78.7 Å². The van der Waals surface area contributed by atoms with E-state index in [-0.39, 0.29) is 6.17 Å².